The van der Waals surface area contributed by atoms with Crippen LogP contribution in [0.15, 0.2) is 24.3 Å². The van der Waals surface area contributed by atoms with Gasteiger partial charge in [0.05, 0.1) is 0 Å². The first-order valence-corrected chi connectivity index (χ1v) is 6.95. The Bertz CT molecular complexity index is 396. The molecular formula is C17H26O. The highest BCUT2D eigenvalue weighted by Gasteiger charge is 2.20. The Morgan fingerprint density at radius 1 is 1.17 bits per heavy atom. The molecule has 0 spiro atoms. The van der Waals surface area contributed by atoms with Gasteiger partial charge in [-0.25, -0.2) is 0 Å². The zero-order valence-electron chi connectivity index (χ0n) is 12.4. The van der Waals surface area contributed by atoms with E-state index in [9.17, 15) is 4.79 Å². The second kappa shape index (κ2) is 6.17. The molecule has 0 bridgehead atoms. The first-order valence-electron chi connectivity index (χ1n) is 6.95. The highest BCUT2D eigenvalue weighted by molar-refractivity contribution is 5.97. The Hall–Kier alpha value is -1.11. The van der Waals surface area contributed by atoms with Crippen molar-refractivity contribution in [2.75, 3.05) is 0 Å². The van der Waals surface area contributed by atoms with Crippen molar-refractivity contribution in [3.8, 4) is 0 Å². The Morgan fingerprint density at radius 3 is 2.33 bits per heavy atom. The molecule has 0 aliphatic rings. The zero-order valence-corrected chi connectivity index (χ0v) is 12.4. The molecule has 0 heterocycles. The lowest BCUT2D eigenvalue weighted by molar-refractivity contribution is 0.0976. The lowest BCUT2D eigenvalue weighted by Gasteiger charge is -2.22. The van der Waals surface area contributed by atoms with E-state index in [1.807, 2.05) is 18.2 Å². The molecule has 1 rings (SSSR count). The van der Waals surface area contributed by atoms with E-state index in [4.69, 9.17) is 0 Å². The zero-order chi connectivity index (χ0) is 13.8. The van der Waals surface area contributed by atoms with Gasteiger partial charge in [0.15, 0.2) is 5.78 Å². The third kappa shape index (κ3) is 4.29. The van der Waals surface area contributed by atoms with Gasteiger partial charge in [0.2, 0.25) is 0 Å². The normalized spacial score (nSPS) is 11.9. The number of carbonyl (C=O) groups excluding carboxylic acids is 1. The summed E-state index contributed by atoms with van der Waals surface area (Å²) < 4.78 is 0. The van der Waals surface area contributed by atoms with Crippen molar-refractivity contribution in [1.82, 2.24) is 0 Å². The summed E-state index contributed by atoms with van der Waals surface area (Å²) in [6.45, 7) is 10.9. The molecule has 0 aromatic heterocycles. The summed E-state index contributed by atoms with van der Waals surface area (Å²) in [5.74, 6) is 0.969. The second-order valence-electron chi connectivity index (χ2n) is 6.50. The average Bonchev–Trinajstić information content (AvgIpc) is 2.27. The predicted molar refractivity (Wildman–Crippen MR) is 78.2 cm³/mol. The highest BCUT2D eigenvalue weighted by Crippen LogP contribution is 2.27. The lowest BCUT2D eigenvalue weighted by atomic mass is 9.82. The van der Waals surface area contributed by atoms with E-state index >= 15 is 0 Å². The van der Waals surface area contributed by atoms with E-state index in [1.165, 1.54) is 5.56 Å². The van der Waals surface area contributed by atoms with Crippen molar-refractivity contribution in [2.45, 2.75) is 59.3 Å². The summed E-state index contributed by atoms with van der Waals surface area (Å²) in [5, 5.41) is 0. The van der Waals surface area contributed by atoms with Gasteiger partial charge in [0.1, 0.15) is 0 Å². The smallest absolute Gasteiger partial charge is 0.163 e. The lowest BCUT2D eigenvalue weighted by Crippen LogP contribution is -2.16. The Morgan fingerprint density at radius 2 is 1.78 bits per heavy atom. The molecule has 100 valence electrons. The number of ketones is 1. The van der Waals surface area contributed by atoms with E-state index in [1.54, 1.807) is 0 Å². The molecule has 0 amide bonds. The molecule has 1 heteroatoms. The molecule has 0 N–H and O–H groups in total. The van der Waals surface area contributed by atoms with E-state index < -0.39 is 0 Å². The standard InChI is InChI=1S/C17H26O/c1-13(2)9-8-12-16(18)14-10-6-7-11-15(14)17(3,4)5/h6-7,10-11,13H,8-9,12H2,1-5H3. The summed E-state index contributed by atoms with van der Waals surface area (Å²) in [7, 11) is 0. The monoisotopic (exact) mass is 246 g/mol. The van der Waals surface area contributed by atoms with Crippen molar-refractivity contribution >= 4 is 5.78 Å². The number of carbonyl (C=O) groups is 1. The summed E-state index contributed by atoms with van der Waals surface area (Å²) in [6.07, 6.45) is 2.80. The van der Waals surface area contributed by atoms with Gasteiger partial charge in [0, 0.05) is 12.0 Å². The van der Waals surface area contributed by atoms with Crippen LogP contribution in [0, 0.1) is 5.92 Å². The average molecular weight is 246 g/mol. The minimum Gasteiger partial charge on any atom is -0.294 e. The second-order valence-corrected chi connectivity index (χ2v) is 6.50. The van der Waals surface area contributed by atoms with Gasteiger partial charge in [-0.15, -0.1) is 0 Å². The summed E-state index contributed by atoms with van der Waals surface area (Å²) in [5.41, 5.74) is 2.11. The van der Waals surface area contributed by atoms with E-state index in [0.29, 0.717) is 18.1 Å². The van der Waals surface area contributed by atoms with Gasteiger partial charge in [0.25, 0.3) is 0 Å². The number of hydrogen-bond donors (Lipinski definition) is 0. The number of benzene rings is 1. The first kappa shape index (κ1) is 14.9. The molecule has 1 nitrogen and oxygen atoms in total. The van der Waals surface area contributed by atoms with E-state index in [0.717, 1.165) is 18.4 Å². The van der Waals surface area contributed by atoms with Crippen LogP contribution < -0.4 is 0 Å². The van der Waals surface area contributed by atoms with Crippen molar-refractivity contribution < 1.29 is 4.79 Å². The summed E-state index contributed by atoms with van der Waals surface area (Å²) >= 11 is 0. The molecule has 0 saturated heterocycles. The van der Waals surface area contributed by atoms with Gasteiger partial charge in [-0.2, -0.15) is 0 Å². The fraction of sp³-hybridized carbons (Fsp3) is 0.588. The van der Waals surface area contributed by atoms with Crippen molar-refractivity contribution in [3.63, 3.8) is 0 Å². The molecule has 0 saturated carbocycles. The number of Topliss-reactive ketones (excluding diaryl/α,β-unsaturated/α-hetero) is 1. The molecule has 1 aromatic rings. The van der Waals surface area contributed by atoms with Crippen LogP contribution in [-0.2, 0) is 5.41 Å². The van der Waals surface area contributed by atoms with Gasteiger partial charge in [-0.1, -0.05) is 65.3 Å². The van der Waals surface area contributed by atoms with Gasteiger partial charge >= 0.3 is 0 Å². The fourth-order valence-corrected chi connectivity index (χ4v) is 2.19. The van der Waals surface area contributed by atoms with Crippen LogP contribution in [0.4, 0.5) is 0 Å². The molecule has 1 aromatic carbocycles. The van der Waals surface area contributed by atoms with Crippen LogP contribution in [0.5, 0.6) is 0 Å². The Kier molecular flexibility index (Phi) is 5.13. The third-order valence-electron chi connectivity index (χ3n) is 3.22. The topological polar surface area (TPSA) is 17.1 Å². The fourth-order valence-electron chi connectivity index (χ4n) is 2.19. The first-order chi connectivity index (χ1) is 8.32. The molecule has 0 aliphatic carbocycles. The van der Waals surface area contributed by atoms with Gasteiger partial charge in [-0.3, -0.25) is 4.79 Å². The Labute approximate surface area is 112 Å². The highest BCUT2D eigenvalue weighted by atomic mass is 16.1. The predicted octanol–water partition coefficient (Wildman–Crippen LogP) is 4.99. The van der Waals surface area contributed by atoms with E-state index in [-0.39, 0.29) is 5.41 Å². The van der Waals surface area contributed by atoms with E-state index in [2.05, 4.69) is 40.7 Å². The van der Waals surface area contributed by atoms with Crippen molar-refractivity contribution in [3.05, 3.63) is 35.4 Å². The van der Waals surface area contributed by atoms with Crippen LogP contribution in [0.3, 0.4) is 0 Å². The molecule has 0 fully saturated rings. The quantitative estimate of drug-likeness (QED) is 0.669. The van der Waals surface area contributed by atoms with Gasteiger partial charge < -0.3 is 0 Å². The third-order valence-corrected chi connectivity index (χ3v) is 3.22. The molecule has 0 aliphatic heterocycles. The van der Waals surface area contributed by atoms with Crippen molar-refractivity contribution in [2.24, 2.45) is 5.92 Å². The summed E-state index contributed by atoms with van der Waals surface area (Å²) in [6, 6.07) is 8.03. The Balaban J connectivity index is 2.80. The number of rotatable bonds is 5. The van der Waals surface area contributed by atoms with Gasteiger partial charge in [-0.05, 0) is 23.3 Å². The molecule has 0 atom stereocenters. The van der Waals surface area contributed by atoms with Crippen LogP contribution in [0.1, 0.15) is 69.8 Å². The molecular weight excluding hydrogens is 220 g/mol. The van der Waals surface area contributed by atoms with Crippen molar-refractivity contribution in [1.29, 1.82) is 0 Å². The van der Waals surface area contributed by atoms with Crippen LogP contribution in [-0.4, -0.2) is 5.78 Å². The van der Waals surface area contributed by atoms with Crippen LogP contribution >= 0.6 is 0 Å². The molecule has 0 unspecified atom stereocenters. The SMILES string of the molecule is CC(C)CCCC(=O)c1ccccc1C(C)(C)C. The minimum absolute atomic E-state index is 0.0320. The number of hydrogen-bond acceptors (Lipinski definition) is 1. The van der Waals surface area contributed by atoms with Crippen LogP contribution in [0.2, 0.25) is 0 Å². The maximum atomic E-state index is 12.3. The molecule has 18 heavy (non-hydrogen) atoms. The maximum Gasteiger partial charge on any atom is 0.163 e. The maximum absolute atomic E-state index is 12.3. The summed E-state index contributed by atoms with van der Waals surface area (Å²) in [4.78, 5) is 12.3. The largest absolute Gasteiger partial charge is 0.294 e. The minimum atomic E-state index is 0.0320. The van der Waals surface area contributed by atoms with Crippen LogP contribution in [0.25, 0.3) is 0 Å². The molecule has 0 radical (unpaired) electrons.